The summed E-state index contributed by atoms with van der Waals surface area (Å²) in [6.45, 7) is 1.69. The zero-order valence-corrected chi connectivity index (χ0v) is 19.5. The number of aromatic nitrogens is 1. The van der Waals surface area contributed by atoms with Crippen LogP contribution in [0, 0.1) is 0 Å². The first-order valence-electron chi connectivity index (χ1n) is 11.4. The molecule has 1 saturated heterocycles. The second-order valence-electron chi connectivity index (χ2n) is 8.71. The van der Waals surface area contributed by atoms with E-state index in [2.05, 4.69) is 10.1 Å². The van der Waals surface area contributed by atoms with Crippen LogP contribution >= 0.6 is 0 Å². The number of methoxy groups -OCH3 is 1. The molecule has 2 N–H and O–H groups in total. The maximum absolute atomic E-state index is 9.40. The summed E-state index contributed by atoms with van der Waals surface area (Å²) in [6, 6.07) is 16.9. The molecule has 3 aromatic heterocycles. The van der Waals surface area contributed by atoms with Gasteiger partial charge in [-0.25, -0.2) is 0 Å². The summed E-state index contributed by atoms with van der Waals surface area (Å²) in [6.07, 6.45) is 0.605. The number of hydrogen-bond donors (Lipinski definition) is 2. The van der Waals surface area contributed by atoms with Gasteiger partial charge in [-0.2, -0.15) is 0 Å². The Bertz CT molecular complexity index is 1190. The molecule has 184 valence electrons. The van der Waals surface area contributed by atoms with Crippen molar-refractivity contribution in [2.45, 2.75) is 38.3 Å². The Morgan fingerprint density at radius 3 is 1.97 bits per heavy atom. The van der Waals surface area contributed by atoms with E-state index < -0.39 is 0 Å². The predicted molar refractivity (Wildman–Crippen MR) is 124 cm³/mol. The summed E-state index contributed by atoms with van der Waals surface area (Å²) in [7, 11) is 1.63. The molecule has 1 fully saturated rings. The van der Waals surface area contributed by atoms with Gasteiger partial charge in [0.25, 0.3) is 0 Å². The number of rotatable bonds is 11. The third-order valence-corrected chi connectivity index (χ3v) is 6.30. The molecule has 1 aromatic carbocycles. The predicted octanol–water partition coefficient (Wildman–Crippen LogP) is 3.53. The highest BCUT2D eigenvalue weighted by atomic mass is 16.5. The third-order valence-electron chi connectivity index (χ3n) is 6.30. The molecule has 0 amide bonds. The molecule has 35 heavy (non-hydrogen) atoms. The van der Waals surface area contributed by atoms with Gasteiger partial charge in [-0.1, -0.05) is 5.16 Å². The van der Waals surface area contributed by atoms with Gasteiger partial charge in [0.05, 0.1) is 44.6 Å². The number of benzene rings is 1. The van der Waals surface area contributed by atoms with Crippen LogP contribution in [-0.4, -0.2) is 46.1 Å². The van der Waals surface area contributed by atoms with Crippen molar-refractivity contribution in [1.29, 1.82) is 0 Å². The smallest absolute Gasteiger partial charge is 0.167 e. The minimum atomic E-state index is -0.355. The second kappa shape index (κ2) is 10.1. The molecule has 0 bridgehead atoms. The molecule has 0 atom stereocenters. The number of aliphatic hydroxyl groups excluding tert-OH is 2. The van der Waals surface area contributed by atoms with E-state index in [1.165, 1.54) is 0 Å². The molecule has 4 aromatic rings. The zero-order chi connectivity index (χ0) is 24.3. The molecule has 0 aliphatic carbocycles. The van der Waals surface area contributed by atoms with Gasteiger partial charge < -0.3 is 33.0 Å². The molecule has 0 saturated carbocycles. The van der Waals surface area contributed by atoms with E-state index in [4.69, 9.17) is 22.8 Å². The summed E-state index contributed by atoms with van der Waals surface area (Å²) in [5.74, 6) is 3.95. The van der Waals surface area contributed by atoms with Gasteiger partial charge in [0.15, 0.2) is 5.76 Å². The Morgan fingerprint density at radius 2 is 1.49 bits per heavy atom. The van der Waals surface area contributed by atoms with Crippen LogP contribution in [0.2, 0.25) is 0 Å². The number of ether oxygens (including phenoxy) is 2. The Labute approximate surface area is 202 Å². The van der Waals surface area contributed by atoms with E-state index >= 15 is 0 Å². The Morgan fingerprint density at radius 1 is 0.886 bits per heavy atom. The van der Waals surface area contributed by atoms with Crippen LogP contribution in [0.15, 0.2) is 68.0 Å². The fraction of sp³-hybridized carbons (Fsp3) is 0.346. The van der Waals surface area contributed by atoms with E-state index in [0.717, 1.165) is 28.5 Å². The number of aliphatic hydroxyl groups is 2. The van der Waals surface area contributed by atoms with Crippen LogP contribution in [0.1, 0.15) is 28.7 Å². The minimum absolute atomic E-state index is 0.153. The molecule has 9 nitrogen and oxygen atoms in total. The topological polar surface area (TPSA) is 114 Å². The van der Waals surface area contributed by atoms with Crippen molar-refractivity contribution < 1.29 is 33.0 Å². The van der Waals surface area contributed by atoms with Crippen LogP contribution in [-0.2, 0) is 37.5 Å². The third kappa shape index (κ3) is 5.03. The summed E-state index contributed by atoms with van der Waals surface area (Å²) in [5, 5.41) is 23.1. The Kier molecular flexibility index (Phi) is 6.74. The molecule has 0 unspecified atom stereocenters. The molecule has 9 heteroatoms. The van der Waals surface area contributed by atoms with Gasteiger partial charge in [0, 0.05) is 18.1 Å². The highest BCUT2D eigenvalue weighted by Crippen LogP contribution is 2.34. The van der Waals surface area contributed by atoms with Crippen molar-refractivity contribution in [3.8, 4) is 17.1 Å². The lowest BCUT2D eigenvalue weighted by atomic mass is 9.88. The van der Waals surface area contributed by atoms with Crippen molar-refractivity contribution >= 4 is 0 Å². The largest absolute Gasteiger partial charge is 0.497 e. The van der Waals surface area contributed by atoms with Crippen molar-refractivity contribution in [3.63, 3.8) is 0 Å². The van der Waals surface area contributed by atoms with Crippen molar-refractivity contribution in [2.24, 2.45) is 0 Å². The summed E-state index contributed by atoms with van der Waals surface area (Å²) in [4.78, 5) is 2.23. The quantitative estimate of drug-likeness (QED) is 0.333. The zero-order valence-electron chi connectivity index (χ0n) is 19.5. The van der Waals surface area contributed by atoms with Crippen molar-refractivity contribution in [3.05, 3.63) is 83.3 Å². The molecule has 0 spiro atoms. The number of nitrogens with zero attached hydrogens (tertiary/aromatic N) is 2. The van der Waals surface area contributed by atoms with Gasteiger partial charge in [0.2, 0.25) is 0 Å². The molecular weight excluding hydrogens is 452 g/mol. The van der Waals surface area contributed by atoms with Gasteiger partial charge in [0.1, 0.15) is 42.0 Å². The minimum Gasteiger partial charge on any atom is -0.497 e. The van der Waals surface area contributed by atoms with Crippen LogP contribution < -0.4 is 4.74 Å². The first kappa shape index (κ1) is 23.4. The summed E-state index contributed by atoms with van der Waals surface area (Å²) in [5.41, 5.74) is 1.38. The maximum atomic E-state index is 9.40. The average Bonchev–Trinajstić information content (AvgIpc) is 3.62. The SMILES string of the molecule is COc1ccc(-c2cc(CC3(N(Cc4ccc(CO)o4)Cc4ccc(CO)o4)COC3)no2)cc1. The van der Waals surface area contributed by atoms with Gasteiger partial charge in [-0.05, 0) is 48.5 Å². The normalized spacial score (nSPS) is 14.9. The lowest BCUT2D eigenvalue weighted by Gasteiger charge is -2.49. The van der Waals surface area contributed by atoms with Crippen LogP contribution in [0.5, 0.6) is 5.75 Å². The monoisotopic (exact) mass is 480 g/mol. The van der Waals surface area contributed by atoms with Gasteiger partial charge in [-0.15, -0.1) is 0 Å². The maximum Gasteiger partial charge on any atom is 0.167 e. The molecule has 5 rings (SSSR count). The summed E-state index contributed by atoms with van der Waals surface area (Å²) < 4.78 is 28.1. The highest BCUT2D eigenvalue weighted by Gasteiger charge is 2.45. The van der Waals surface area contributed by atoms with Crippen LogP contribution in [0.4, 0.5) is 0 Å². The standard InChI is InChI=1S/C26H28N2O7/c1-31-20-4-2-18(3-5-20)25-10-19(27-35-25)11-26(16-32-17-26)28(12-21-6-8-23(14-29)33-21)13-22-7-9-24(15-30)34-22/h2-10,29-30H,11-17H2,1H3. The van der Waals surface area contributed by atoms with E-state index in [1.807, 2.05) is 42.5 Å². The van der Waals surface area contributed by atoms with Crippen molar-refractivity contribution in [2.75, 3.05) is 20.3 Å². The van der Waals surface area contributed by atoms with Gasteiger partial charge in [-0.3, -0.25) is 4.90 Å². The van der Waals surface area contributed by atoms with Gasteiger partial charge >= 0.3 is 0 Å². The van der Waals surface area contributed by atoms with Crippen LogP contribution in [0.3, 0.4) is 0 Å². The first-order chi connectivity index (χ1) is 17.1. The van der Waals surface area contributed by atoms with E-state index in [-0.39, 0.29) is 18.8 Å². The second-order valence-corrected chi connectivity index (χ2v) is 8.71. The molecule has 1 aliphatic heterocycles. The Hall–Kier alpha value is -3.37. The molecule has 1 aliphatic rings. The molecule has 4 heterocycles. The lowest BCUT2D eigenvalue weighted by Crippen LogP contribution is -2.63. The number of hydrogen-bond acceptors (Lipinski definition) is 9. The van der Waals surface area contributed by atoms with E-state index in [0.29, 0.717) is 50.0 Å². The first-order valence-corrected chi connectivity index (χ1v) is 11.4. The van der Waals surface area contributed by atoms with E-state index in [9.17, 15) is 10.2 Å². The van der Waals surface area contributed by atoms with Crippen LogP contribution in [0.25, 0.3) is 11.3 Å². The highest BCUT2D eigenvalue weighted by molar-refractivity contribution is 5.58. The molecular formula is C26H28N2O7. The summed E-state index contributed by atoms with van der Waals surface area (Å²) >= 11 is 0. The fourth-order valence-electron chi connectivity index (χ4n) is 4.31. The average molecular weight is 481 g/mol. The number of furan rings is 2. The molecule has 0 radical (unpaired) electrons. The van der Waals surface area contributed by atoms with E-state index in [1.54, 1.807) is 19.2 Å². The fourth-order valence-corrected chi connectivity index (χ4v) is 4.31. The van der Waals surface area contributed by atoms with Crippen molar-refractivity contribution in [1.82, 2.24) is 10.1 Å². The lowest BCUT2D eigenvalue weighted by molar-refractivity contribution is -0.150. The Balaban J connectivity index is 1.39.